The van der Waals surface area contributed by atoms with Gasteiger partial charge in [0.2, 0.25) is 29.5 Å². The number of rotatable bonds is 14. The van der Waals surface area contributed by atoms with Crippen LogP contribution in [0.4, 0.5) is 0 Å². The van der Waals surface area contributed by atoms with Crippen molar-refractivity contribution in [1.29, 1.82) is 0 Å². The molecule has 7 N–H and O–H groups in total. The number of aliphatic hydroxyl groups excluding tert-OH is 2. The fourth-order valence-electron chi connectivity index (χ4n) is 5.99. The number of aliphatic hydroxyl groups is 2. The minimum atomic E-state index is -1.59. The molecule has 0 radical (unpaired) electrons. The van der Waals surface area contributed by atoms with Gasteiger partial charge in [0, 0.05) is 6.42 Å². The van der Waals surface area contributed by atoms with Gasteiger partial charge in [-0.2, -0.15) is 0 Å². The number of carbonyl (C=O) groups excluding carboxylic acids is 6. The normalized spacial score (nSPS) is 25.1. The number of unbranched alkanes of at least 4 members (excludes halogenated alkanes) is 4. The smallest absolute Gasteiger partial charge is 0.328 e. The summed E-state index contributed by atoms with van der Waals surface area (Å²) in [7, 11) is 0. The van der Waals surface area contributed by atoms with Gasteiger partial charge in [-0.15, -0.1) is 0 Å². The van der Waals surface area contributed by atoms with E-state index in [1.807, 2.05) is 27.7 Å². The second-order valence-corrected chi connectivity index (χ2v) is 14.6. The van der Waals surface area contributed by atoms with Crippen molar-refractivity contribution in [2.45, 2.75) is 148 Å². The molecular formula is C38H61N5O9. The molecule has 14 nitrogen and oxygen atoms in total. The monoisotopic (exact) mass is 731 g/mol. The van der Waals surface area contributed by atoms with Crippen molar-refractivity contribution >= 4 is 35.5 Å². The van der Waals surface area contributed by atoms with Crippen LogP contribution in [0.5, 0.6) is 0 Å². The van der Waals surface area contributed by atoms with Crippen LogP contribution in [0.25, 0.3) is 0 Å². The summed E-state index contributed by atoms with van der Waals surface area (Å²) in [5.41, 5.74) is 0.690. The van der Waals surface area contributed by atoms with Gasteiger partial charge in [-0.25, -0.2) is 4.79 Å². The fourth-order valence-corrected chi connectivity index (χ4v) is 5.99. The first-order valence-electron chi connectivity index (χ1n) is 18.7. The Morgan fingerprint density at radius 2 is 1.25 bits per heavy atom. The molecular weight excluding hydrogens is 670 g/mol. The van der Waals surface area contributed by atoms with Gasteiger partial charge in [0.05, 0.1) is 19.1 Å². The van der Waals surface area contributed by atoms with Crippen molar-refractivity contribution in [3.8, 4) is 0 Å². The van der Waals surface area contributed by atoms with Crippen LogP contribution in [0.15, 0.2) is 30.3 Å². The van der Waals surface area contributed by atoms with Gasteiger partial charge in [-0.3, -0.25) is 24.0 Å². The van der Waals surface area contributed by atoms with Crippen molar-refractivity contribution in [2.24, 2.45) is 11.8 Å². The molecule has 1 unspecified atom stereocenters. The molecule has 1 aliphatic rings. The zero-order valence-electron chi connectivity index (χ0n) is 31.6. The molecule has 1 saturated heterocycles. The van der Waals surface area contributed by atoms with Crippen LogP contribution >= 0.6 is 0 Å². The quantitative estimate of drug-likeness (QED) is 0.110. The molecule has 1 aliphatic heterocycles. The molecule has 7 atom stereocenters. The molecule has 292 valence electrons. The summed E-state index contributed by atoms with van der Waals surface area (Å²) in [5, 5.41) is 33.5. The molecule has 1 aromatic carbocycles. The third kappa shape index (κ3) is 15.7. The molecule has 0 spiro atoms. The van der Waals surface area contributed by atoms with E-state index in [1.54, 1.807) is 30.3 Å². The largest absolute Gasteiger partial charge is 0.460 e. The summed E-state index contributed by atoms with van der Waals surface area (Å²) >= 11 is 0. The van der Waals surface area contributed by atoms with Crippen molar-refractivity contribution in [3.63, 3.8) is 0 Å². The van der Waals surface area contributed by atoms with Crippen LogP contribution in [0, 0.1) is 11.8 Å². The number of esters is 1. The van der Waals surface area contributed by atoms with E-state index in [1.165, 1.54) is 6.92 Å². The van der Waals surface area contributed by atoms with E-state index in [4.69, 9.17) is 4.74 Å². The summed E-state index contributed by atoms with van der Waals surface area (Å²) in [6.07, 6.45) is 2.87. The lowest BCUT2D eigenvalue weighted by Gasteiger charge is -2.28. The Balaban J connectivity index is 2.58. The first-order chi connectivity index (χ1) is 24.6. The number of nitrogens with one attached hydrogen (secondary N) is 5. The maximum absolute atomic E-state index is 13.9. The molecule has 2 rings (SSSR count). The van der Waals surface area contributed by atoms with Gasteiger partial charge in [0.25, 0.3) is 0 Å². The van der Waals surface area contributed by atoms with Crippen LogP contribution in [-0.4, -0.2) is 94.7 Å². The molecule has 1 heterocycles. The van der Waals surface area contributed by atoms with Crippen LogP contribution in [-0.2, 0) is 39.9 Å². The maximum Gasteiger partial charge on any atom is 0.328 e. The van der Waals surface area contributed by atoms with Gasteiger partial charge in [-0.05, 0) is 50.0 Å². The second kappa shape index (κ2) is 22.8. The standard InChI is InChI=1S/C38H61N5O9/c1-7-8-9-10-14-17-27-21-32(46)39-28(18-23(2)3)34(47)42-31(22-44)36(49)43-33(25(6)45)37(50)40-29(20-26-15-12-11-13-16-26)35(48)41-30(19-24(4)5)38(51)52-27/h11-13,15-16,23-25,27-31,33,44-45H,7-10,14,17-22H2,1-6H3,(H,39,46)(H,40,50)(H,41,48)(H,42,47)(H,43,49)/t25-,27?,28-,29+,30+,31+,33+/m1/s1. The maximum atomic E-state index is 13.9. The van der Waals surface area contributed by atoms with Gasteiger partial charge < -0.3 is 41.5 Å². The Morgan fingerprint density at radius 1 is 0.692 bits per heavy atom. The summed E-state index contributed by atoms with van der Waals surface area (Å²) in [6.45, 7) is 9.98. The summed E-state index contributed by atoms with van der Waals surface area (Å²) in [4.78, 5) is 81.6. The molecule has 0 bridgehead atoms. The van der Waals surface area contributed by atoms with Crippen molar-refractivity contribution < 1.29 is 43.7 Å². The average molecular weight is 732 g/mol. The highest BCUT2D eigenvalue weighted by Crippen LogP contribution is 2.17. The highest BCUT2D eigenvalue weighted by Gasteiger charge is 2.36. The van der Waals surface area contributed by atoms with E-state index in [0.717, 1.165) is 25.7 Å². The summed E-state index contributed by atoms with van der Waals surface area (Å²) < 4.78 is 5.95. The summed E-state index contributed by atoms with van der Waals surface area (Å²) in [5.74, 6) is -4.70. The number of ether oxygens (including phenoxy) is 1. The lowest BCUT2D eigenvalue weighted by Crippen LogP contribution is -2.62. The van der Waals surface area contributed by atoms with Crippen molar-refractivity contribution in [3.05, 3.63) is 35.9 Å². The Bertz CT molecular complexity index is 1310. The zero-order chi connectivity index (χ0) is 38.8. The SMILES string of the molecule is CCCCCCCC1CC(=O)N[C@H](CC(C)C)C(=O)N[C@@H](CO)C(=O)N[C@@H]([C@@H](C)O)C(=O)N[C@@H](Cc2ccccc2)C(=O)N[C@@H](CC(C)C)C(=O)O1. The third-order valence-corrected chi connectivity index (χ3v) is 8.79. The Kier molecular flexibility index (Phi) is 19.3. The lowest BCUT2D eigenvalue weighted by atomic mass is 10.0. The third-order valence-electron chi connectivity index (χ3n) is 8.79. The fraction of sp³-hybridized carbons (Fsp3) is 0.684. The summed E-state index contributed by atoms with van der Waals surface area (Å²) in [6, 6.07) is 2.27. The minimum absolute atomic E-state index is 0.00938. The predicted molar refractivity (Wildman–Crippen MR) is 195 cm³/mol. The minimum Gasteiger partial charge on any atom is -0.460 e. The van der Waals surface area contributed by atoms with E-state index in [2.05, 4.69) is 33.5 Å². The first kappa shape index (κ1) is 44.1. The molecule has 1 aromatic rings. The number of amides is 5. The number of cyclic esters (lactones) is 1. The topological polar surface area (TPSA) is 212 Å². The zero-order valence-corrected chi connectivity index (χ0v) is 31.6. The number of hydrogen-bond donors (Lipinski definition) is 7. The van der Waals surface area contributed by atoms with Crippen molar-refractivity contribution in [2.75, 3.05) is 6.61 Å². The Morgan fingerprint density at radius 3 is 1.85 bits per heavy atom. The van der Waals surface area contributed by atoms with Gasteiger partial charge >= 0.3 is 5.97 Å². The molecule has 1 fully saturated rings. The Hall–Kier alpha value is -4.04. The predicted octanol–water partition coefficient (Wildman–Crippen LogP) is 1.79. The number of carbonyl (C=O) groups is 6. The molecule has 52 heavy (non-hydrogen) atoms. The highest BCUT2D eigenvalue weighted by atomic mass is 16.5. The highest BCUT2D eigenvalue weighted by molar-refractivity contribution is 5.96. The van der Waals surface area contributed by atoms with Crippen LogP contribution in [0.1, 0.15) is 105 Å². The molecule has 0 aromatic heterocycles. The van der Waals surface area contributed by atoms with Gasteiger partial charge in [-0.1, -0.05) is 90.6 Å². The molecule has 0 saturated carbocycles. The van der Waals surface area contributed by atoms with Crippen LogP contribution in [0.2, 0.25) is 0 Å². The van der Waals surface area contributed by atoms with E-state index in [9.17, 15) is 39.0 Å². The van der Waals surface area contributed by atoms with Crippen LogP contribution in [0.3, 0.4) is 0 Å². The average Bonchev–Trinajstić information content (AvgIpc) is 3.07. The van der Waals surface area contributed by atoms with E-state index >= 15 is 0 Å². The van der Waals surface area contributed by atoms with Gasteiger partial charge in [0.15, 0.2) is 0 Å². The van der Waals surface area contributed by atoms with Crippen molar-refractivity contribution in [1.82, 2.24) is 26.6 Å². The second-order valence-electron chi connectivity index (χ2n) is 14.6. The van der Waals surface area contributed by atoms with Gasteiger partial charge in [0.1, 0.15) is 36.3 Å². The molecule has 0 aliphatic carbocycles. The van der Waals surface area contributed by atoms with E-state index in [-0.39, 0.29) is 37.5 Å². The lowest BCUT2D eigenvalue weighted by molar-refractivity contribution is -0.155. The Labute approximate surface area is 308 Å². The van der Waals surface area contributed by atoms with Crippen LogP contribution < -0.4 is 26.6 Å². The molecule has 14 heteroatoms. The van der Waals surface area contributed by atoms with E-state index < -0.39 is 84.5 Å². The first-order valence-corrected chi connectivity index (χ1v) is 18.7. The van der Waals surface area contributed by atoms with E-state index in [0.29, 0.717) is 18.4 Å². The number of benzene rings is 1. The number of hydrogen-bond acceptors (Lipinski definition) is 9. The molecule has 5 amide bonds.